The Morgan fingerprint density at radius 3 is 3.00 bits per heavy atom. The number of furan rings is 1. The highest BCUT2D eigenvalue weighted by molar-refractivity contribution is 5.88. The molecule has 28 heavy (non-hydrogen) atoms. The van der Waals surface area contributed by atoms with Gasteiger partial charge in [0.15, 0.2) is 0 Å². The number of aryl methyl sites for hydroxylation is 1. The molecule has 0 aliphatic carbocycles. The van der Waals surface area contributed by atoms with Crippen LogP contribution in [0.5, 0.6) is 0 Å². The Labute approximate surface area is 165 Å². The van der Waals surface area contributed by atoms with Crippen molar-refractivity contribution in [2.45, 2.75) is 39.2 Å². The summed E-state index contributed by atoms with van der Waals surface area (Å²) in [7, 11) is 0. The van der Waals surface area contributed by atoms with E-state index in [0.717, 1.165) is 35.2 Å². The van der Waals surface area contributed by atoms with Crippen LogP contribution in [-0.4, -0.2) is 35.4 Å². The third-order valence-electron chi connectivity index (χ3n) is 5.64. The second kappa shape index (κ2) is 7.76. The molecule has 5 nitrogen and oxygen atoms in total. The Morgan fingerprint density at radius 1 is 1.39 bits per heavy atom. The van der Waals surface area contributed by atoms with Crippen molar-refractivity contribution in [1.82, 2.24) is 15.2 Å². The molecular weight excluding hydrogens is 350 g/mol. The largest absolute Gasteiger partial charge is 0.464 e. The lowest BCUT2D eigenvalue weighted by Gasteiger charge is -2.36. The Kier molecular flexibility index (Phi) is 5.18. The van der Waals surface area contributed by atoms with Crippen molar-refractivity contribution in [1.29, 1.82) is 0 Å². The summed E-state index contributed by atoms with van der Waals surface area (Å²) in [5.41, 5.74) is 5.42. The van der Waals surface area contributed by atoms with Crippen LogP contribution in [-0.2, 0) is 11.2 Å². The minimum Gasteiger partial charge on any atom is -0.464 e. The van der Waals surface area contributed by atoms with Gasteiger partial charge in [-0.25, -0.2) is 0 Å². The highest BCUT2D eigenvalue weighted by atomic mass is 16.3. The van der Waals surface area contributed by atoms with E-state index in [-0.39, 0.29) is 11.9 Å². The van der Waals surface area contributed by atoms with Crippen molar-refractivity contribution in [2.24, 2.45) is 0 Å². The molecule has 1 aliphatic heterocycles. The van der Waals surface area contributed by atoms with Crippen molar-refractivity contribution in [2.75, 3.05) is 19.6 Å². The van der Waals surface area contributed by atoms with Crippen LogP contribution in [0.1, 0.15) is 48.1 Å². The maximum Gasteiger partial charge on any atom is 0.227 e. The summed E-state index contributed by atoms with van der Waals surface area (Å²) in [6, 6.07) is 8.25. The van der Waals surface area contributed by atoms with Crippen LogP contribution < -0.4 is 5.32 Å². The molecule has 0 radical (unpaired) electrons. The van der Waals surface area contributed by atoms with Gasteiger partial charge in [0.1, 0.15) is 5.58 Å². The quantitative estimate of drug-likeness (QED) is 0.747. The molecule has 1 N–H and O–H groups in total. The molecule has 0 bridgehead atoms. The van der Waals surface area contributed by atoms with E-state index >= 15 is 0 Å². The number of amides is 1. The van der Waals surface area contributed by atoms with Gasteiger partial charge in [-0.2, -0.15) is 0 Å². The molecule has 2 aromatic heterocycles. The van der Waals surface area contributed by atoms with Gasteiger partial charge in [-0.05, 0) is 47.7 Å². The molecule has 1 unspecified atom stereocenters. The van der Waals surface area contributed by atoms with Crippen LogP contribution >= 0.6 is 0 Å². The number of nitrogens with zero attached hydrogens (tertiary/aromatic N) is 2. The van der Waals surface area contributed by atoms with Crippen LogP contribution in [0, 0.1) is 6.92 Å². The molecule has 1 saturated heterocycles. The summed E-state index contributed by atoms with van der Waals surface area (Å²) in [5.74, 6) is 0.565. The molecule has 1 aromatic carbocycles. The Bertz CT molecular complexity index is 978. The zero-order valence-electron chi connectivity index (χ0n) is 16.7. The zero-order valence-corrected chi connectivity index (χ0v) is 16.7. The predicted octanol–water partition coefficient (Wildman–Crippen LogP) is 3.98. The fourth-order valence-electron chi connectivity index (χ4n) is 4.14. The van der Waals surface area contributed by atoms with E-state index in [0.29, 0.717) is 18.9 Å². The molecule has 5 heteroatoms. The average Bonchev–Trinajstić information content (AvgIpc) is 3.09. The third-order valence-corrected chi connectivity index (χ3v) is 5.64. The lowest BCUT2D eigenvalue weighted by Crippen LogP contribution is -2.49. The Hall–Kier alpha value is -2.66. The summed E-state index contributed by atoms with van der Waals surface area (Å²) in [6.45, 7) is 8.76. The highest BCUT2D eigenvalue weighted by Crippen LogP contribution is 2.30. The molecule has 3 heterocycles. The zero-order chi connectivity index (χ0) is 19.7. The highest BCUT2D eigenvalue weighted by Gasteiger charge is 2.28. The number of carbonyl (C=O) groups is 1. The fourth-order valence-corrected chi connectivity index (χ4v) is 4.14. The number of carbonyl (C=O) groups excluding carboxylic acids is 1. The molecule has 1 aliphatic rings. The van der Waals surface area contributed by atoms with Gasteiger partial charge in [0.25, 0.3) is 0 Å². The molecule has 0 spiro atoms. The molecule has 0 saturated carbocycles. The predicted molar refractivity (Wildman–Crippen MR) is 110 cm³/mol. The number of piperazine rings is 1. The summed E-state index contributed by atoms with van der Waals surface area (Å²) in [6.07, 6.45) is 5.71. The maximum absolute atomic E-state index is 13.2. The van der Waals surface area contributed by atoms with Crippen molar-refractivity contribution >= 4 is 16.9 Å². The molecule has 1 atom stereocenters. The van der Waals surface area contributed by atoms with Crippen LogP contribution in [0.15, 0.2) is 47.3 Å². The molecular formula is C23H27N3O2. The lowest BCUT2D eigenvalue weighted by molar-refractivity contribution is -0.133. The number of hydrogen-bond donors (Lipinski definition) is 1. The van der Waals surface area contributed by atoms with E-state index in [4.69, 9.17) is 4.42 Å². The molecule has 3 aromatic rings. The smallest absolute Gasteiger partial charge is 0.227 e. The monoisotopic (exact) mass is 377 g/mol. The number of hydrogen-bond acceptors (Lipinski definition) is 4. The topological polar surface area (TPSA) is 58.4 Å². The summed E-state index contributed by atoms with van der Waals surface area (Å²) < 4.78 is 5.77. The SMILES string of the molecule is Cc1cc2occ(CC(=O)N3CCNCC3c3cccnc3)c2cc1C(C)C. The minimum atomic E-state index is 0.0154. The maximum atomic E-state index is 13.2. The van der Waals surface area contributed by atoms with Crippen molar-refractivity contribution in [3.8, 4) is 0 Å². The van der Waals surface area contributed by atoms with Gasteiger partial charge in [-0.1, -0.05) is 19.9 Å². The van der Waals surface area contributed by atoms with Gasteiger partial charge < -0.3 is 14.6 Å². The van der Waals surface area contributed by atoms with Crippen molar-refractivity contribution in [3.05, 3.63) is 65.2 Å². The Balaban J connectivity index is 1.61. The molecule has 1 fully saturated rings. The van der Waals surface area contributed by atoms with Gasteiger partial charge in [0, 0.05) is 43.0 Å². The van der Waals surface area contributed by atoms with E-state index in [9.17, 15) is 4.79 Å². The van der Waals surface area contributed by atoms with Gasteiger partial charge in [-0.15, -0.1) is 0 Å². The van der Waals surface area contributed by atoms with E-state index < -0.39 is 0 Å². The van der Waals surface area contributed by atoms with E-state index in [1.54, 1.807) is 12.5 Å². The first kappa shape index (κ1) is 18.7. The number of benzene rings is 1. The summed E-state index contributed by atoms with van der Waals surface area (Å²) in [4.78, 5) is 19.4. The number of fused-ring (bicyclic) bond motifs is 1. The molecule has 1 amide bonds. The fraction of sp³-hybridized carbons (Fsp3) is 0.391. The number of aromatic nitrogens is 1. The van der Waals surface area contributed by atoms with Gasteiger partial charge in [-0.3, -0.25) is 9.78 Å². The first-order valence-corrected chi connectivity index (χ1v) is 9.95. The van der Waals surface area contributed by atoms with E-state index in [1.165, 1.54) is 11.1 Å². The van der Waals surface area contributed by atoms with Crippen molar-refractivity contribution in [3.63, 3.8) is 0 Å². The van der Waals surface area contributed by atoms with Crippen LogP contribution in [0.3, 0.4) is 0 Å². The second-order valence-electron chi connectivity index (χ2n) is 7.89. The second-order valence-corrected chi connectivity index (χ2v) is 7.89. The molecule has 4 rings (SSSR count). The van der Waals surface area contributed by atoms with Crippen LogP contribution in [0.25, 0.3) is 11.0 Å². The molecule has 146 valence electrons. The summed E-state index contributed by atoms with van der Waals surface area (Å²) in [5, 5.41) is 4.44. The van der Waals surface area contributed by atoms with E-state index in [1.807, 2.05) is 23.2 Å². The normalized spacial score (nSPS) is 17.4. The number of pyridine rings is 1. The minimum absolute atomic E-state index is 0.0154. The van der Waals surface area contributed by atoms with Crippen LogP contribution in [0.2, 0.25) is 0 Å². The van der Waals surface area contributed by atoms with Gasteiger partial charge in [0.05, 0.1) is 18.7 Å². The number of rotatable bonds is 4. The lowest BCUT2D eigenvalue weighted by atomic mass is 9.95. The first-order valence-electron chi connectivity index (χ1n) is 9.95. The van der Waals surface area contributed by atoms with Crippen LogP contribution in [0.4, 0.5) is 0 Å². The summed E-state index contributed by atoms with van der Waals surface area (Å²) >= 11 is 0. The standard InChI is InChI=1S/C23H27N3O2/c1-15(2)19-11-20-18(14-28-22(20)9-16(19)3)10-23(27)26-8-7-25-13-21(26)17-5-4-6-24-12-17/h4-6,9,11-12,14-15,21,25H,7-8,10,13H2,1-3H3. The number of nitrogens with one attached hydrogen (secondary N) is 1. The van der Waals surface area contributed by atoms with Crippen molar-refractivity contribution < 1.29 is 9.21 Å². The first-order chi connectivity index (χ1) is 13.5. The Morgan fingerprint density at radius 2 is 2.25 bits per heavy atom. The van der Waals surface area contributed by atoms with Gasteiger partial charge in [0.2, 0.25) is 5.91 Å². The third kappa shape index (κ3) is 3.54. The van der Waals surface area contributed by atoms with E-state index in [2.05, 4.69) is 43.2 Å². The average molecular weight is 377 g/mol. The van der Waals surface area contributed by atoms with Gasteiger partial charge >= 0.3 is 0 Å².